The van der Waals surface area contributed by atoms with E-state index in [0.29, 0.717) is 6.61 Å². The van der Waals surface area contributed by atoms with Crippen LogP contribution < -0.4 is 0 Å². The molecular formula is C21H26N2O2S. The number of rotatable bonds is 5. The molecule has 0 aliphatic carbocycles. The molecule has 0 bridgehead atoms. The topological polar surface area (TPSA) is 45.6 Å². The van der Waals surface area contributed by atoms with E-state index in [2.05, 4.69) is 27.8 Å². The number of hydrogen-bond donors (Lipinski definition) is 1. The smallest absolute Gasteiger partial charge is 0.120 e. The lowest BCUT2D eigenvalue weighted by Gasteiger charge is -2.32. The lowest BCUT2D eigenvalue weighted by atomic mass is 10.1. The normalized spacial score (nSPS) is 18.3. The molecule has 4 nitrogen and oxygen atoms in total. The second-order valence-electron chi connectivity index (χ2n) is 7.21. The molecule has 0 saturated carbocycles. The van der Waals surface area contributed by atoms with Crippen LogP contribution in [0.1, 0.15) is 42.1 Å². The first-order chi connectivity index (χ1) is 12.5. The van der Waals surface area contributed by atoms with Gasteiger partial charge in [0, 0.05) is 24.2 Å². The van der Waals surface area contributed by atoms with E-state index in [1.165, 1.54) is 4.88 Å². The molecule has 1 unspecified atom stereocenters. The Morgan fingerprint density at radius 1 is 1.35 bits per heavy atom. The van der Waals surface area contributed by atoms with Crippen molar-refractivity contribution >= 4 is 11.3 Å². The van der Waals surface area contributed by atoms with Crippen molar-refractivity contribution in [1.29, 1.82) is 0 Å². The van der Waals surface area contributed by atoms with E-state index in [1.807, 2.05) is 24.3 Å². The van der Waals surface area contributed by atoms with Gasteiger partial charge in [-0.25, -0.2) is 0 Å². The van der Waals surface area contributed by atoms with E-state index < -0.39 is 5.60 Å². The summed E-state index contributed by atoms with van der Waals surface area (Å²) in [5.41, 5.74) is 0.0350. The molecule has 0 aromatic carbocycles. The van der Waals surface area contributed by atoms with Gasteiger partial charge in [-0.3, -0.25) is 9.88 Å². The molecule has 26 heavy (non-hydrogen) atoms. The van der Waals surface area contributed by atoms with Gasteiger partial charge in [0.15, 0.2) is 0 Å². The van der Waals surface area contributed by atoms with Crippen LogP contribution in [-0.2, 0) is 17.9 Å². The van der Waals surface area contributed by atoms with Crippen molar-refractivity contribution in [1.82, 2.24) is 9.88 Å². The van der Waals surface area contributed by atoms with Gasteiger partial charge < -0.3 is 9.84 Å². The van der Waals surface area contributed by atoms with E-state index in [0.717, 1.165) is 43.0 Å². The molecule has 1 aliphatic heterocycles. The van der Waals surface area contributed by atoms with Crippen molar-refractivity contribution in [3.05, 3.63) is 52.0 Å². The molecule has 0 spiro atoms. The Morgan fingerprint density at radius 2 is 2.23 bits per heavy atom. The average molecular weight is 371 g/mol. The molecule has 5 heteroatoms. The van der Waals surface area contributed by atoms with Crippen LogP contribution in [0.25, 0.3) is 0 Å². The van der Waals surface area contributed by atoms with Crippen LogP contribution in [0, 0.1) is 11.8 Å². The number of piperidine rings is 1. The number of ether oxygens (including phenoxy) is 1. The van der Waals surface area contributed by atoms with E-state index in [9.17, 15) is 5.11 Å². The number of hydrogen-bond acceptors (Lipinski definition) is 5. The summed E-state index contributed by atoms with van der Waals surface area (Å²) < 4.78 is 6.07. The summed E-state index contributed by atoms with van der Waals surface area (Å²) >= 11 is 1.70. The first-order valence-electron chi connectivity index (χ1n) is 9.06. The van der Waals surface area contributed by atoms with Gasteiger partial charge in [0.2, 0.25) is 0 Å². The third-order valence-corrected chi connectivity index (χ3v) is 5.17. The maximum Gasteiger partial charge on any atom is 0.120 e. The Kier molecular flexibility index (Phi) is 6.44. The molecule has 3 heterocycles. The molecule has 2 aromatic heterocycles. The van der Waals surface area contributed by atoms with Crippen LogP contribution in [0.5, 0.6) is 0 Å². The lowest BCUT2D eigenvalue weighted by molar-refractivity contribution is -0.0130. The average Bonchev–Trinajstić information content (AvgIpc) is 3.06. The van der Waals surface area contributed by atoms with Gasteiger partial charge in [-0.05, 0) is 57.5 Å². The highest BCUT2D eigenvalue weighted by molar-refractivity contribution is 7.12. The molecule has 2 aromatic rings. The maximum absolute atomic E-state index is 9.71. The van der Waals surface area contributed by atoms with Gasteiger partial charge in [-0.15, -0.1) is 11.3 Å². The zero-order chi connectivity index (χ0) is 18.4. The highest BCUT2D eigenvalue weighted by Crippen LogP contribution is 2.21. The molecular weight excluding hydrogens is 344 g/mol. The van der Waals surface area contributed by atoms with Gasteiger partial charge in [0.25, 0.3) is 0 Å². The van der Waals surface area contributed by atoms with Crippen molar-refractivity contribution in [2.75, 3.05) is 13.1 Å². The minimum atomic E-state index is -0.949. The largest absolute Gasteiger partial charge is 0.378 e. The molecule has 1 fully saturated rings. The molecule has 0 radical (unpaired) electrons. The van der Waals surface area contributed by atoms with E-state index in [-0.39, 0.29) is 6.10 Å². The van der Waals surface area contributed by atoms with E-state index >= 15 is 0 Å². The molecule has 138 valence electrons. The standard InChI is InChI=1S/C21H26N2O2S/c1-21(2,24)11-10-19-8-9-20(26-19)15-23-13-5-7-18(14-23)25-16-17-6-3-4-12-22-17/h3-4,6,8-9,12,18,24H,5,7,13-16H2,1-2H3. The van der Waals surface area contributed by atoms with Crippen LogP contribution in [0.4, 0.5) is 0 Å². The van der Waals surface area contributed by atoms with Gasteiger partial charge >= 0.3 is 0 Å². The van der Waals surface area contributed by atoms with Crippen molar-refractivity contribution in [2.24, 2.45) is 0 Å². The van der Waals surface area contributed by atoms with Gasteiger partial charge in [-0.2, -0.15) is 0 Å². The fourth-order valence-electron chi connectivity index (χ4n) is 2.94. The fourth-order valence-corrected chi connectivity index (χ4v) is 3.85. The minimum absolute atomic E-state index is 0.264. The number of aliphatic hydroxyl groups is 1. The van der Waals surface area contributed by atoms with Crippen molar-refractivity contribution in [3.63, 3.8) is 0 Å². The Labute approximate surface area is 159 Å². The van der Waals surface area contributed by atoms with Crippen LogP contribution in [0.3, 0.4) is 0 Å². The highest BCUT2D eigenvalue weighted by atomic mass is 32.1. The summed E-state index contributed by atoms with van der Waals surface area (Å²) in [7, 11) is 0. The van der Waals surface area contributed by atoms with Gasteiger partial charge in [0.1, 0.15) is 5.60 Å². The van der Waals surface area contributed by atoms with Crippen molar-refractivity contribution < 1.29 is 9.84 Å². The summed E-state index contributed by atoms with van der Waals surface area (Å²) in [6.07, 6.45) is 4.33. The Balaban J connectivity index is 1.50. The summed E-state index contributed by atoms with van der Waals surface area (Å²) in [6, 6.07) is 10.1. The van der Waals surface area contributed by atoms with Gasteiger partial charge in [0.05, 0.1) is 23.3 Å². The second kappa shape index (κ2) is 8.79. The van der Waals surface area contributed by atoms with Crippen LogP contribution in [0.2, 0.25) is 0 Å². The maximum atomic E-state index is 9.71. The fraction of sp³-hybridized carbons (Fsp3) is 0.476. The lowest BCUT2D eigenvalue weighted by Crippen LogP contribution is -2.39. The molecule has 0 amide bonds. The zero-order valence-electron chi connectivity index (χ0n) is 15.4. The molecule has 3 rings (SSSR count). The molecule has 1 atom stereocenters. The minimum Gasteiger partial charge on any atom is -0.378 e. The predicted octanol–water partition coefficient (Wildman–Crippen LogP) is 3.45. The quantitative estimate of drug-likeness (QED) is 0.819. The number of pyridine rings is 1. The van der Waals surface area contributed by atoms with Crippen molar-refractivity contribution in [2.45, 2.75) is 51.5 Å². The summed E-state index contributed by atoms with van der Waals surface area (Å²) in [4.78, 5) is 9.07. The van der Waals surface area contributed by atoms with E-state index in [1.54, 1.807) is 31.4 Å². The number of aromatic nitrogens is 1. The first kappa shape index (κ1) is 19.1. The van der Waals surface area contributed by atoms with E-state index in [4.69, 9.17) is 4.74 Å². The van der Waals surface area contributed by atoms with Crippen LogP contribution in [-0.4, -0.2) is 39.8 Å². The SMILES string of the molecule is CC(C)(O)C#Cc1ccc(CN2CCCC(OCc3ccccn3)C2)s1. The summed E-state index contributed by atoms with van der Waals surface area (Å²) in [5, 5.41) is 9.71. The molecule has 1 aliphatic rings. The van der Waals surface area contributed by atoms with Crippen LogP contribution >= 0.6 is 11.3 Å². The third-order valence-electron chi connectivity index (χ3n) is 4.19. The first-order valence-corrected chi connectivity index (χ1v) is 9.88. The summed E-state index contributed by atoms with van der Waals surface area (Å²) in [5.74, 6) is 5.93. The van der Waals surface area contributed by atoms with Crippen LogP contribution in [0.15, 0.2) is 36.5 Å². The highest BCUT2D eigenvalue weighted by Gasteiger charge is 2.21. The second-order valence-corrected chi connectivity index (χ2v) is 8.37. The number of thiophene rings is 1. The summed E-state index contributed by atoms with van der Waals surface area (Å²) in [6.45, 7) is 6.97. The number of nitrogens with zero attached hydrogens (tertiary/aromatic N) is 2. The Hall–Kier alpha value is -1.71. The third kappa shape index (κ3) is 6.22. The zero-order valence-corrected chi connectivity index (χ0v) is 16.3. The van der Waals surface area contributed by atoms with Crippen molar-refractivity contribution in [3.8, 4) is 11.8 Å². The molecule has 1 N–H and O–H groups in total. The Morgan fingerprint density at radius 3 is 3.00 bits per heavy atom. The predicted molar refractivity (Wildman–Crippen MR) is 105 cm³/mol. The number of likely N-dealkylation sites (tertiary alicyclic amines) is 1. The van der Waals surface area contributed by atoms with Gasteiger partial charge in [-0.1, -0.05) is 17.9 Å². The monoisotopic (exact) mass is 370 g/mol. The Bertz CT molecular complexity index is 756. The molecule has 1 saturated heterocycles.